The zero-order valence-electron chi connectivity index (χ0n) is 11.6. The van der Waals surface area contributed by atoms with Gasteiger partial charge in [-0.05, 0) is 25.1 Å². The zero-order chi connectivity index (χ0) is 15.7. The van der Waals surface area contributed by atoms with Crippen molar-refractivity contribution in [3.63, 3.8) is 0 Å². The van der Waals surface area contributed by atoms with Gasteiger partial charge in [-0.2, -0.15) is 0 Å². The molecule has 2 aromatic rings. The molecule has 1 aromatic carbocycles. The normalized spacial score (nSPS) is 13.5. The van der Waals surface area contributed by atoms with Crippen molar-refractivity contribution in [3.05, 3.63) is 35.0 Å². The molecule has 0 aliphatic carbocycles. The SMILES string of the molecule is Cc1cc(NC(=O)CN2C(=O)COc3ccc(Cl)cc32)no1. The van der Waals surface area contributed by atoms with Gasteiger partial charge in [-0.3, -0.25) is 14.5 Å². The van der Waals surface area contributed by atoms with E-state index in [1.54, 1.807) is 31.2 Å². The number of amides is 2. The van der Waals surface area contributed by atoms with E-state index in [2.05, 4.69) is 10.5 Å². The second kappa shape index (κ2) is 5.69. The number of carbonyl (C=O) groups excluding carboxylic acids is 2. The first-order valence-electron chi connectivity index (χ1n) is 6.49. The number of aromatic nitrogens is 1. The van der Waals surface area contributed by atoms with Crippen molar-refractivity contribution >= 4 is 34.9 Å². The van der Waals surface area contributed by atoms with Gasteiger partial charge in [-0.1, -0.05) is 16.8 Å². The summed E-state index contributed by atoms with van der Waals surface area (Å²) in [4.78, 5) is 25.4. The van der Waals surface area contributed by atoms with Crippen LogP contribution < -0.4 is 15.0 Å². The standard InChI is InChI=1S/C14H12ClN3O4/c1-8-4-12(17-22-8)16-13(19)6-18-10-5-9(15)2-3-11(10)21-7-14(18)20/h2-5H,6-7H2,1H3,(H,16,17,19). The minimum Gasteiger partial charge on any atom is -0.482 e. The highest BCUT2D eigenvalue weighted by Gasteiger charge is 2.27. The smallest absolute Gasteiger partial charge is 0.265 e. The summed E-state index contributed by atoms with van der Waals surface area (Å²) in [6.07, 6.45) is 0. The molecule has 1 N–H and O–H groups in total. The monoisotopic (exact) mass is 321 g/mol. The van der Waals surface area contributed by atoms with Crippen LogP contribution in [0.2, 0.25) is 5.02 Å². The van der Waals surface area contributed by atoms with Crippen LogP contribution in [0.15, 0.2) is 28.8 Å². The van der Waals surface area contributed by atoms with E-state index in [0.717, 1.165) is 0 Å². The summed E-state index contributed by atoms with van der Waals surface area (Å²) in [7, 11) is 0. The molecule has 7 nitrogen and oxygen atoms in total. The number of rotatable bonds is 3. The van der Waals surface area contributed by atoms with Crippen molar-refractivity contribution in [1.29, 1.82) is 0 Å². The Morgan fingerprint density at radius 1 is 1.45 bits per heavy atom. The third-order valence-electron chi connectivity index (χ3n) is 3.06. The van der Waals surface area contributed by atoms with E-state index in [1.807, 2.05) is 0 Å². The number of anilines is 2. The summed E-state index contributed by atoms with van der Waals surface area (Å²) in [5, 5.41) is 6.69. The topological polar surface area (TPSA) is 84.7 Å². The number of nitrogens with one attached hydrogen (secondary N) is 1. The maximum Gasteiger partial charge on any atom is 0.265 e. The van der Waals surface area contributed by atoms with Crippen LogP contribution in [0.5, 0.6) is 5.75 Å². The van der Waals surface area contributed by atoms with Crippen LogP contribution in [0.1, 0.15) is 5.76 Å². The van der Waals surface area contributed by atoms with Gasteiger partial charge in [-0.15, -0.1) is 0 Å². The molecule has 114 valence electrons. The number of ether oxygens (including phenoxy) is 1. The van der Waals surface area contributed by atoms with E-state index < -0.39 is 5.91 Å². The molecule has 0 fully saturated rings. The molecular formula is C14H12ClN3O4. The average Bonchev–Trinajstić information content (AvgIpc) is 2.87. The molecule has 0 atom stereocenters. The molecule has 2 amide bonds. The average molecular weight is 322 g/mol. The highest BCUT2D eigenvalue weighted by Crippen LogP contribution is 2.34. The maximum atomic E-state index is 12.1. The van der Waals surface area contributed by atoms with Gasteiger partial charge >= 0.3 is 0 Å². The Kier molecular flexibility index (Phi) is 3.72. The summed E-state index contributed by atoms with van der Waals surface area (Å²) >= 11 is 5.94. The van der Waals surface area contributed by atoms with Gasteiger partial charge in [0.15, 0.2) is 12.4 Å². The Bertz CT molecular complexity index is 743. The van der Waals surface area contributed by atoms with E-state index in [-0.39, 0.29) is 19.1 Å². The molecule has 1 aliphatic heterocycles. The van der Waals surface area contributed by atoms with Crippen LogP contribution in [-0.2, 0) is 9.59 Å². The van der Waals surface area contributed by atoms with Crippen LogP contribution in [0.4, 0.5) is 11.5 Å². The lowest BCUT2D eigenvalue weighted by Gasteiger charge is -2.28. The van der Waals surface area contributed by atoms with Crippen molar-refractivity contribution < 1.29 is 18.8 Å². The lowest BCUT2D eigenvalue weighted by Crippen LogP contribution is -2.43. The van der Waals surface area contributed by atoms with Crippen LogP contribution in [-0.4, -0.2) is 30.1 Å². The lowest BCUT2D eigenvalue weighted by molar-refractivity contribution is -0.123. The van der Waals surface area contributed by atoms with Gasteiger partial charge in [-0.25, -0.2) is 0 Å². The number of nitrogens with zero attached hydrogens (tertiary/aromatic N) is 2. The van der Waals surface area contributed by atoms with Crippen molar-refractivity contribution in [1.82, 2.24) is 5.16 Å². The van der Waals surface area contributed by atoms with Crippen molar-refractivity contribution in [2.24, 2.45) is 0 Å². The molecule has 1 aliphatic rings. The van der Waals surface area contributed by atoms with Gasteiger partial charge in [0.25, 0.3) is 5.91 Å². The maximum absolute atomic E-state index is 12.1. The Morgan fingerprint density at radius 2 is 2.27 bits per heavy atom. The Morgan fingerprint density at radius 3 is 3.00 bits per heavy atom. The molecule has 2 heterocycles. The third kappa shape index (κ3) is 2.89. The Hall–Kier alpha value is -2.54. The molecule has 0 unspecified atom stereocenters. The lowest BCUT2D eigenvalue weighted by atomic mass is 10.2. The molecule has 0 bridgehead atoms. The number of fused-ring (bicyclic) bond motifs is 1. The van der Waals surface area contributed by atoms with Gasteiger partial charge in [0.2, 0.25) is 5.91 Å². The van der Waals surface area contributed by atoms with Crippen LogP contribution >= 0.6 is 11.6 Å². The summed E-state index contributed by atoms with van der Waals surface area (Å²) in [6, 6.07) is 6.49. The molecule has 1 aromatic heterocycles. The fraction of sp³-hybridized carbons (Fsp3) is 0.214. The van der Waals surface area contributed by atoms with Gasteiger partial charge < -0.3 is 14.6 Å². The van der Waals surface area contributed by atoms with Gasteiger partial charge in [0.1, 0.15) is 18.1 Å². The number of aryl methyl sites for hydroxylation is 1. The summed E-state index contributed by atoms with van der Waals surface area (Å²) in [5.74, 6) is 0.675. The van der Waals surface area contributed by atoms with E-state index in [0.29, 0.717) is 28.0 Å². The quantitative estimate of drug-likeness (QED) is 0.934. The highest BCUT2D eigenvalue weighted by atomic mass is 35.5. The molecule has 22 heavy (non-hydrogen) atoms. The molecule has 0 spiro atoms. The molecule has 0 saturated heterocycles. The molecule has 3 rings (SSSR count). The van der Waals surface area contributed by atoms with Crippen molar-refractivity contribution in [2.45, 2.75) is 6.92 Å². The second-order valence-electron chi connectivity index (χ2n) is 4.75. The van der Waals surface area contributed by atoms with Crippen LogP contribution in [0.3, 0.4) is 0 Å². The van der Waals surface area contributed by atoms with Crippen LogP contribution in [0.25, 0.3) is 0 Å². The first-order valence-corrected chi connectivity index (χ1v) is 6.86. The predicted octanol–water partition coefficient (Wildman–Crippen LogP) is 2.00. The minimum atomic E-state index is -0.394. The zero-order valence-corrected chi connectivity index (χ0v) is 12.4. The fourth-order valence-electron chi connectivity index (χ4n) is 2.10. The highest BCUT2D eigenvalue weighted by molar-refractivity contribution is 6.31. The van der Waals surface area contributed by atoms with E-state index >= 15 is 0 Å². The number of carbonyl (C=O) groups is 2. The number of hydrogen-bond acceptors (Lipinski definition) is 5. The minimum absolute atomic E-state index is 0.120. The summed E-state index contributed by atoms with van der Waals surface area (Å²) in [5.41, 5.74) is 0.468. The van der Waals surface area contributed by atoms with Crippen LogP contribution in [0, 0.1) is 6.92 Å². The summed E-state index contributed by atoms with van der Waals surface area (Å²) in [6.45, 7) is 1.43. The molecule has 0 saturated carbocycles. The predicted molar refractivity (Wildman–Crippen MR) is 79.2 cm³/mol. The van der Waals surface area contributed by atoms with Crippen molar-refractivity contribution in [3.8, 4) is 5.75 Å². The molecule has 8 heteroatoms. The van der Waals surface area contributed by atoms with E-state index in [4.69, 9.17) is 20.9 Å². The number of benzene rings is 1. The summed E-state index contributed by atoms with van der Waals surface area (Å²) < 4.78 is 10.2. The van der Waals surface area contributed by atoms with Gasteiger partial charge in [0.05, 0.1) is 5.69 Å². The Balaban J connectivity index is 1.78. The van der Waals surface area contributed by atoms with E-state index in [9.17, 15) is 9.59 Å². The fourth-order valence-corrected chi connectivity index (χ4v) is 2.27. The second-order valence-corrected chi connectivity index (χ2v) is 5.19. The number of halogens is 1. The molecule has 0 radical (unpaired) electrons. The largest absolute Gasteiger partial charge is 0.482 e. The van der Waals surface area contributed by atoms with E-state index in [1.165, 1.54) is 4.90 Å². The Labute approximate surface area is 130 Å². The first kappa shape index (κ1) is 14.4. The van der Waals surface area contributed by atoms with Crippen molar-refractivity contribution in [2.75, 3.05) is 23.4 Å². The molecular weight excluding hydrogens is 310 g/mol. The van der Waals surface area contributed by atoms with Gasteiger partial charge in [0, 0.05) is 11.1 Å². The first-order chi connectivity index (χ1) is 10.5. The third-order valence-corrected chi connectivity index (χ3v) is 3.30. The number of hydrogen-bond donors (Lipinski definition) is 1.